The normalized spacial score (nSPS) is 26.3. The van der Waals surface area contributed by atoms with Crippen molar-refractivity contribution in [3.8, 4) is 0 Å². The Morgan fingerprint density at radius 1 is 1.00 bits per heavy atom. The summed E-state index contributed by atoms with van der Waals surface area (Å²) in [6.07, 6.45) is 2.11. The molecule has 130 valence electrons. The molecule has 7 nitrogen and oxygen atoms in total. The van der Waals surface area contributed by atoms with Gasteiger partial charge in [-0.2, -0.15) is 0 Å². The van der Waals surface area contributed by atoms with E-state index in [0.717, 1.165) is 0 Å². The maximum atomic E-state index is 12.7. The maximum absolute atomic E-state index is 12.7. The number of ketones is 1. The maximum Gasteiger partial charge on any atom is 0.305 e. The highest BCUT2D eigenvalue weighted by atomic mass is 16.7. The van der Waals surface area contributed by atoms with Gasteiger partial charge < -0.3 is 18.9 Å². The van der Waals surface area contributed by atoms with Gasteiger partial charge in [-0.05, 0) is 12.8 Å². The quantitative estimate of drug-likeness (QED) is 0.678. The van der Waals surface area contributed by atoms with Crippen molar-refractivity contribution >= 4 is 17.7 Å². The fourth-order valence-corrected chi connectivity index (χ4v) is 3.38. The van der Waals surface area contributed by atoms with Crippen LogP contribution in [0.3, 0.4) is 0 Å². The van der Waals surface area contributed by atoms with Gasteiger partial charge in [0.25, 0.3) is 0 Å². The van der Waals surface area contributed by atoms with Gasteiger partial charge in [-0.25, -0.2) is 0 Å². The van der Waals surface area contributed by atoms with Crippen LogP contribution in [0.1, 0.15) is 38.5 Å². The van der Waals surface area contributed by atoms with Gasteiger partial charge in [-0.3, -0.25) is 14.4 Å². The van der Waals surface area contributed by atoms with Crippen molar-refractivity contribution in [3.05, 3.63) is 0 Å². The first-order valence-electron chi connectivity index (χ1n) is 7.95. The summed E-state index contributed by atoms with van der Waals surface area (Å²) < 4.78 is 20.8. The molecule has 0 aromatic heterocycles. The van der Waals surface area contributed by atoms with Crippen molar-refractivity contribution in [1.29, 1.82) is 0 Å². The largest absolute Gasteiger partial charge is 0.469 e. The SMILES string of the molecule is COC(=O)CCC1CC2(CC(CCC(=O)OC)C1=O)OCCO2. The topological polar surface area (TPSA) is 88.1 Å². The van der Waals surface area contributed by atoms with E-state index in [0.29, 0.717) is 38.9 Å². The van der Waals surface area contributed by atoms with Gasteiger partial charge in [0.2, 0.25) is 0 Å². The predicted octanol–water partition coefficient (Wildman–Crippen LogP) is 1.23. The second-order valence-corrected chi connectivity index (χ2v) is 6.04. The predicted molar refractivity (Wildman–Crippen MR) is 78.4 cm³/mol. The fourth-order valence-electron chi connectivity index (χ4n) is 3.38. The summed E-state index contributed by atoms with van der Waals surface area (Å²) in [7, 11) is 2.66. The van der Waals surface area contributed by atoms with Crippen LogP contribution in [0, 0.1) is 11.8 Å². The van der Waals surface area contributed by atoms with Crippen molar-refractivity contribution < 1.29 is 33.3 Å². The summed E-state index contributed by atoms with van der Waals surface area (Å²) in [6, 6.07) is 0. The van der Waals surface area contributed by atoms with Gasteiger partial charge in [-0.15, -0.1) is 0 Å². The van der Waals surface area contributed by atoms with Crippen LogP contribution in [0.5, 0.6) is 0 Å². The average molecular weight is 328 g/mol. The Morgan fingerprint density at radius 2 is 1.43 bits per heavy atom. The number of hydrogen-bond donors (Lipinski definition) is 0. The van der Waals surface area contributed by atoms with Crippen molar-refractivity contribution in [3.63, 3.8) is 0 Å². The lowest BCUT2D eigenvalue weighted by Crippen LogP contribution is -2.45. The molecule has 1 aliphatic heterocycles. The first-order chi connectivity index (χ1) is 11.0. The molecule has 2 unspecified atom stereocenters. The minimum Gasteiger partial charge on any atom is -0.469 e. The summed E-state index contributed by atoms with van der Waals surface area (Å²) in [4.78, 5) is 35.4. The molecule has 2 aliphatic rings. The standard InChI is InChI=1S/C16H24O7/c1-20-13(17)5-3-11-9-16(22-7-8-23-16)10-12(15(11)19)4-6-14(18)21-2/h11-12H,3-10H2,1-2H3. The van der Waals surface area contributed by atoms with E-state index in [1.165, 1.54) is 14.2 Å². The lowest BCUT2D eigenvalue weighted by molar-refractivity contribution is -0.200. The molecule has 2 rings (SSSR count). The van der Waals surface area contributed by atoms with Gasteiger partial charge in [0, 0.05) is 37.5 Å². The highest BCUT2D eigenvalue weighted by Gasteiger charge is 2.48. The van der Waals surface area contributed by atoms with Gasteiger partial charge in [-0.1, -0.05) is 0 Å². The Balaban J connectivity index is 2.03. The molecule has 0 aromatic rings. The van der Waals surface area contributed by atoms with Gasteiger partial charge >= 0.3 is 11.9 Å². The summed E-state index contributed by atoms with van der Waals surface area (Å²) in [5.74, 6) is -1.99. The average Bonchev–Trinajstić information content (AvgIpc) is 3.01. The van der Waals surface area contributed by atoms with Crippen LogP contribution in [0.4, 0.5) is 0 Å². The summed E-state index contributed by atoms with van der Waals surface area (Å²) >= 11 is 0. The first kappa shape index (κ1) is 17.9. The van der Waals surface area contributed by atoms with E-state index in [-0.39, 0.29) is 42.4 Å². The summed E-state index contributed by atoms with van der Waals surface area (Å²) in [5.41, 5.74) is 0. The van der Waals surface area contributed by atoms with E-state index < -0.39 is 5.79 Å². The summed E-state index contributed by atoms with van der Waals surface area (Å²) in [5, 5.41) is 0. The van der Waals surface area contributed by atoms with E-state index in [1.54, 1.807) is 0 Å². The minimum absolute atomic E-state index is 0.0718. The number of rotatable bonds is 6. The molecule has 1 spiro atoms. The van der Waals surface area contributed by atoms with Crippen LogP contribution in [0.25, 0.3) is 0 Å². The fraction of sp³-hybridized carbons (Fsp3) is 0.812. The number of Topliss-reactive ketones (excluding diaryl/α,β-unsaturated/α-hetero) is 1. The smallest absolute Gasteiger partial charge is 0.305 e. The number of esters is 2. The van der Waals surface area contributed by atoms with Crippen molar-refractivity contribution in [2.75, 3.05) is 27.4 Å². The van der Waals surface area contributed by atoms with Crippen LogP contribution >= 0.6 is 0 Å². The van der Waals surface area contributed by atoms with E-state index in [2.05, 4.69) is 9.47 Å². The molecule has 2 atom stereocenters. The number of methoxy groups -OCH3 is 2. The lowest BCUT2D eigenvalue weighted by atomic mass is 9.73. The Labute approximate surface area is 135 Å². The Bertz CT molecular complexity index is 419. The molecule has 1 heterocycles. The minimum atomic E-state index is -0.754. The number of carbonyl (C=O) groups is 3. The molecule has 23 heavy (non-hydrogen) atoms. The number of ether oxygens (including phenoxy) is 4. The number of carbonyl (C=O) groups excluding carboxylic acids is 3. The molecule has 1 saturated carbocycles. The zero-order valence-electron chi connectivity index (χ0n) is 13.7. The first-order valence-corrected chi connectivity index (χ1v) is 7.95. The molecule has 0 N–H and O–H groups in total. The van der Waals surface area contributed by atoms with E-state index in [1.807, 2.05) is 0 Å². The number of hydrogen-bond acceptors (Lipinski definition) is 7. The van der Waals surface area contributed by atoms with Crippen molar-refractivity contribution in [2.24, 2.45) is 11.8 Å². The molecule has 0 amide bonds. The lowest BCUT2D eigenvalue weighted by Gasteiger charge is -2.39. The van der Waals surface area contributed by atoms with Crippen LogP contribution in [0.2, 0.25) is 0 Å². The van der Waals surface area contributed by atoms with Gasteiger partial charge in [0.15, 0.2) is 5.79 Å². The Morgan fingerprint density at radius 3 is 1.83 bits per heavy atom. The van der Waals surface area contributed by atoms with Crippen LogP contribution in [-0.2, 0) is 33.3 Å². The zero-order chi connectivity index (χ0) is 16.9. The van der Waals surface area contributed by atoms with Crippen LogP contribution < -0.4 is 0 Å². The summed E-state index contributed by atoms with van der Waals surface area (Å²) in [6.45, 7) is 1.00. The molecular weight excluding hydrogens is 304 g/mol. The third-order valence-corrected chi connectivity index (χ3v) is 4.58. The molecule has 0 bridgehead atoms. The molecule has 1 aliphatic carbocycles. The second kappa shape index (κ2) is 7.88. The highest BCUT2D eigenvalue weighted by molar-refractivity contribution is 5.85. The van der Waals surface area contributed by atoms with Crippen LogP contribution in [0.15, 0.2) is 0 Å². The van der Waals surface area contributed by atoms with Crippen molar-refractivity contribution in [2.45, 2.75) is 44.3 Å². The van der Waals surface area contributed by atoms with Crippen LogP contribution in [-0.4, -0.2) is 50.9 Å². The van der Waals surface area contributed by atoms with E-state index in [9.17, 15) is 14.4 Å². The molecule has 1 saturated heterocycles. The monoisotopic (exact) mass is 328 g/mol. The van der Waals surface area contributed by atoms with Gasteiger partial charge in [0.1, 0.15) is 5.78 Å². The third-order valence-electron chi connectivity index (χ3n) is 4.58. The molecule has 2 fully saturated rings. The van der Waals surface area contributed by atoms with E-state index >= 15 is 0 Å². The Kier molecular flexibility index (Phi) is 6.12. The zero-order valence-corrected chi connectivity index (χ0v) is 13.7. The molecule has 0 aromatic carbocycles. The van der Waals surface area contributed by atoms with Gasteiger partial charge in [0.05, 0.1) is 27.4 Å². The third kappa shape index (κ3) is 4.51. The molecule has 7 heteroatoms. The molecular formula is C16H24O7. The highest BCUT2D eigenvalue weighted by Crippen LogP contribution is 2.42. The second-order valence-electron chi connectivity index (χ2n) is 6.04. The Hall–Kier alpha value is -1.47. The molecule has 0 radical (unpaired) electrons. The van der Waals surface area contributed by atoms with E-state index in [4.69, 9.17) is 9.47 Å². The van der Waals surface area contributed by atoms with Crippen molar-refractivity contribution in [1.82, 2.24) is 0 Å².